The molecule has 1 saturated heterocycles. The number of carbonyl (C=O) groups excluding carboxylic acids is 2. The van der Waals surface area contributed by atoms with Crippen LogP contribution < -0.4 is 0 Å². The summed E-state index contributed by atoms with van der Waals surface area (Å²) in [7, 11) is 1.35. The lowest BCUT2D eigenvalue weighted by Gasteiger charge is -2.33. The number of rotatable bonds is 2. The Bertz CT molecular complexity index is 857. The van der Waals surface area contributed by atoms with Crippen molar-refractivity contribution >= 4 is 23.2 Å². The van der Waals surface area contributed by atoms with E-state index in [2.05, 4.69) is 4.98 Å². The first-order valence-electron chi connectivity index (χ1n) is 9.16. The summed E-state index contributed by atoms with van der Waals surface area (Å²) < 4.78 is 16.1. The molecule has 0 unspecified atom stereocenters. The van der Waals surface area contributed by atoms with Gasteiger partial charge in [-0.2, -0.15) is 0 Å². The summed E-state index contributed by atoms with van der Waals surface area (Å²) in [6, 6.07) is 3.65. The van der Waals surface area contributed by atoms with Crippen LogP contribution in [0.4, 0.5) is 4.79 Å². The Morgan fingerprint density at radius 2 is 1.89 bits per heavy atom. The largest absolute Gasteiger partial charge is 0.465 e. The van der Waals surface area contributed by atoms with Gasteiger partial charge in [-0.1, -0.05) is 6.07 Å². The van der Waals surface area contributed by atoms with Gasteiger partial charge in [-0.3, -0.25) is 0 Å². The SMILES string of the molecule is COC(=O)c1ccc(C2CCN(C(=O)OC(C)(C)C)CC2)c2oc(C)nc12. The molecular formula is C20H26N2O5. The third-order valence-corrected chi connectivity index (χ3v) is 4.67. The van der Waals surface area contributed by atoms with E-state index in [0.717, 1.165) is 18.4 Å². The number of ether oxygens (including phenoxy) is 2. The predicted octanol–water partition coefficient (Wildman–Crippen LogP) is 4.04. The molecule has 0 saturated carbocycles. The van der Waals surface area contributed by atoms with E-state index in [4.69, 9.17) is 13.9 Å². The first-order chi connectivity index (χ1) is 12.7. The smallest absolute Gasteiger partial charge is 0.410 e. The number of hydrogen-bond acceptors (Lipinski definition) is 6. The molecule has 2 aromatic rings. The van der Waals surface area contributed by atoms with E-state index in [-0.39, 0.29) is 12.0 Å². The molecule has 7 nitrogen and oxygen atoms in total. The molecule has 1 aromatic heterocycles. The van der Waals surface area contributed by atoms with Crippen LogP contribution in [-0.2, 0) is 9.47 Å². The van der Waals surface area contributed by atoms with Gasteiger partial charge in [-0.25, -0.2) is 14.6 Å². The summed E-state index contributed by atoms with van der Waals surface area (Å²) >= 11 is 0. The number of piperidine rings is 1. The van der Waals surface area contributed by atoms with Crippen molar-refractivity contribution in [2.45, 2.75) is 52.1 Å². The summed E-state index contributed by atoms with van der Waals surface area (Å²) in [6.07, 6.45) is 1.32. The molecule has 0 radical (unpaired) electrons. The van der Waals surface area contributed by atoms with Crippen LogP contribution in [-0.4, -0.2) is 47.7 Å². The summed E-state index contributed by atoms with van der Waals surface area (Å²) in [4.78, 5) is 30.4. The molecule has 27 heavy (non-hydrogen) atoms. The van der Waals surface area contributed by atoms with Gasteiger partial charge in [0.15, 0.2) is 11.5 Å². The zero-order valence-corrected chi connectivity index (χ0v) is 16.5. The number of hydrogen-bond donors (Lipinski definition) is 0. The lowest BCUT2D eigenvalue weighted by atomic mass is 9.88. The minimum Gasteiger partial charge on any atom is -0.465 e. The first-order valence-corrected chi connectivity index (χ1v) is 9.16. The molecule has 0 N–H and O–H groups in total. The Morgan fingerprint density at radius 3 is 2.48 bits per heavy atom. The fourth-order valence-corrected chi connectivity index (χ4v) is 3.43. The highest BCUT2D eigenvalue weighted by molar-refractivity contribution is 6.02. The highest BCUT2D eigenvalue weighted by atomic mass is 16.6. The highest BCUT2D eigenvalue weighted by Crippen LogP contribution is 2.35. The standard InChI is InChI=1S/C20H26N2O5/c1-12-21-16-15(18(23)25-5)7-6-14(17(16)26-12)13-8-10-22(11-9-13)19(24)27-20(2,3)4/h6-7,13H,8-11H2,1-5H3. The maximum absolute atomic E-state index is 12.2. The molecule has 0 atom stereocenters. The second-order valence-electron chi connectivity index (χ2n) is 7.85. The predicted molar refractivity (Wildman–Crippen MR) is 99.9 cm³/mol. The maximum atomic E-state index is 12.2. The van der Waals surface area contributed by atoms with Crippen LogP contribution in [0.15, 0.2) is 16.5 Å². The summed E-state index contributed by atoms with van der Waals surface area (Å²) in [5, 5.41) is 0. The third kappa shape index (κ3) is 4.07. The van der Waals surface area contributed by atoms with Gasteiger partial charge < -0.3 is 18.8 Å². The topological polar surface area (TPSA) is 81.9 Å². The van der Waals surface area contributed by atoms with Crippen molar-refractivity contribution in [1.82, 2.24) is 9.88 Å². The van der Waals surface area contributed by atoms with Crippen LogP contribution in [0.25, 0.3) is 11.1 Å². The van der Waals surface area contributed by atoms with Crippen molar-refractivity contribution in [2.75, 3.05) is 20.2 Å². The molecule has 7 heteroatoms. The molecule has 2 heterocycles. The Balaban J connectivity index is 1.80. The average Bonchev–Trinajstić information content (AvgIpc) is 3.00. The van der Waals surface area contributed by atoms with Crippen LogP contribution in [0.3, 0.4) is 0 Å². The number of esters is 1. The lowest BCUT2D eigenvalue weighted by molar-refractivity contribution is 0.0204. The van der Waals surface area contributed by atoms with Crippen molar-refractivity contribution in [3.63, 3.8) is 0 Å². The number of oxazole rings is 1. The highest BCUT2D eigenvalue weighted by Gasteiger charge is 2.30. The van der Waals surface area contributed by atoms with Crippen molar-refractivity contribution in [3.05, 3.63) is 29.2 Å². The number of nitrogens with zero attached hydrogens (tertiary/aromatic N) is 2. The Morgan fingerprint density at radius 1 is 1.22 bits per heavy atom. The number of likely N-dealkylation sites (tertiary alicyclic amines) is 1. The minimum absolute atomic E-state index is 0.227. The van der Waals surface area contributed by atoms with Crippen LogP contribution in [0.2, 0.25) is 0 Å². The van der Waals surface area contributed by atoms with Gasteiger partial charge in [-0.15, -0.1) is 0 Å². The van der Waals surface area contributed by atoms with E-state index in [0.29, 0.717) is 35.6 Å². The number of methoxy groups -OCH3 is 1. The van der Waals surface area contributed by atoms with Gasteiger partial charge in [0.05, 0.1) is 12.7 Å². The Labute approximate surface area is 158 Å². The Hall–Kier alpha value is -2.57. The van der Waals surface area contributed by atoms with E-state index in [9.17, 15) is 9.59 Å². The molecule has 1 fully saturated rings. The number of amides is 1. The van der Waals surface area contributed by atoms with E-state index < -0.39 is 11.6 Å². The van der Waals surface area contributed by atoms with Crippen molar-refractivity contribution in [1.29, 1.82) is 0 Å². The quantitative estimate of drug-likeness (QED) is 0.738. The van der Waals surface area contributed by atoms with Crippen molar-refractivity contribution in [2.24, 2.45) is 0 Å². The van der Waals surface area contributed by atoms with Gasteiger partial charge in [0, 0.05) is 25.6 Å². The van der Waals surface area contributed by atoms with Crippen LogP contribution in [0.1, 0.15) is 61.3 Å². The number of aryl methyl sites for hydroxylation is 1. The molecular weight excluding hydrogens is 348 g/mol. The molecule has 0 bridgehead atoms. The van der Waals surface area contributed by atoms with Gasteiger partial charge in [0.25, 0.3) is 0 Å². The fourth-order valence-electron chi connectivity index (χ4n) is 3.43. The third-order valence-electron chi connectivity index (χ3n) is 4.67. The fraction of sp³-hybridized carbons (Fsp3) is 0.550. The van der Waals surface area contributed by atoms with Crippen molar-refractivity contribution < 1.29 is 23.5 Å². The van der Waals surface area contributed by atoms with E-state index >= 15 is 0 Å². The van der Waals surface area contributed by atoms with Gasteiger partial charge in [0.2, 0.25) is 0 Å². The summed E-state index contributed by atoms with van der Waals surface area (Å²) in [5.74, 6) is 0.304. The van der Waals surface area contributed by atoms with E-state index in [1.165, 1.54) is 7.11 Å². The number of benzene rings is 1. The second-order valence-corrected chi connectivity index (χ2v) is 7.85. The molecule has 1 aliphatic rings. The number of carbonyl (C=O) groups is 2. The van der Waals surface area contributed by atoms with E-state index in [1.54, 1.807) is 17.9 Å². The van der Waals surface area contributed by atoms with Gasteiger partial charge in [0.1, 0.15) is 11.1 Å². The molecule has 1 aliphatic heterocycles. The van der Waals surface area contributed by atoms with Gasteiger partial charge >= 0.3 is 12.1 Å². The van der Waals surface area contributed by atoms with Gasteiger partial charge in [-0.05, 0) is 45.6 Å². The summed E-state index contributed by atoms with van der Waals surface area (Å²) in [6.45, 7) is 8.59. The van der Waals surface area contributed by atoms with Crippen molar-refractivity contribution in [3.8, 4) is 0 Å². The normalized spacial score (nSPS) is 15.8. The molecule has 3 rings (SSSR count). The monoisotopic (exact) mass is 374 g/mol. The summed E-state index contributed by atoms with van der Waals surface area (Å²) in [5.41, 5.74) is 2.08. The molecule has 0 spiro atoms. The molecule has 1 aromatic carbocycles. The number of fused-ring (bicyclic) bond motifs is 1. The zero-order chi connectivity index (χ0) is 19.8. The lowest BCUT2D eigenvalue weighted by Crippen LogP contribution is -2.41. The molecule has 0 aliphatic carbocycles. The molecule has 1 amide bonds. The second kappa shape index (κ2) is 7.21. The number of aromatic nitrogens is 1. The maximum Gasteiger partial charge on any atom is 0.410 e. The first kappa shape index (κ1) is 19.2. The van der Waals surface area contributed by atoms with Crippen LogP contribution >= 0.6 is 0 Å². The average molecular weight is 374 g/mol. The van der Waals surface area contributed by atoms with Crippen LogP contribution in [0.5, 0.6) is 0 Å². The Kier molecular flexibility index (Phi) is 5.13. The molecule has 146 valence electrons. The van der Waals surface area contributed by atoms with Crippen LogP contribution in [0, 0.1) is 6.92 Å². The van der Waals surface area contributed by atoms with E-state index in [1.807, 2.05) is 26.8 Å². The minimum atomic E-state index is -0.499. The zero-order valence-electron chi connectivity index (χ0n) is 16.5.